The number of likely N-dealkylation sites (tertiary alicyclic amines) is 1. The fraction of sp³-hybridized carbons (Fsp3) is 1.00. The highest BCUT2D eigenvalue weighted by Crippen LogP contribution is 2.14. The first kappa shape index (κ1) is 9.01. The van der Waals surface area contributed by atoms with Crippen molar-refractivity contribution in [3.63, 3.8) is 0 Å². The fourth-order valence-electron chi connectivity index (χ4n) is 1.63. The molecule has 0 N–H and O–H groups in total. The van der Waals surface area contributed by atoms with Gasteiger partial charge in [-0.2, -0.15) is 0 Å². The van der Waals surface area contributed by atoms with Crippen LogP contribution >= 0.6 is 0 Å². The molecule has 1 rings (SSSR count). The third kappa shape index (κ3) is 2.46. The van der Waals surface area contributed by atoms with Crippen LogP contribution in [0.5, 0.6) is 0 Å². The molecule has 0 aromatic rings. The summed E-state index contributed by atoms with van der Waals surface area (Å²) >= 11 is 0. The minimum Gasteiger partial charge on any atom is -0.380 e. The molecule has 2 nitrogen and oxygen atoms in total. The van der Waals surface area contributed by atoms with Crippen LogP contribution in [-0.2, 0) is 4.74 Å². The van der Waals surface area contributed by atoms with Crippen LogP contribution in [0, 0.1) is 0 Å². The lowest BCUT2D eigenvalue weighted by Gasteiger charge is -2.34. The second-order valence-corrected chi connectivity index (χ2v) is 3.59. The van der Waals surface area contributed by atoms with Crippen molar-refractivity contribution < 1.29 is 4.74 Å². The Kier molecular flexibility index (Phi) is 3.34. The SMILES string of the molecule is CO[C@@H]1CCCN(C(C)C)C1. The predicted molar refractivity (Wildman–Crippen MR) is 46.7 cm³/mol. The van der Waals surface area contributed by atoms with Crippen LogP contribution in [0.2, 0.25) is 0 Å². The van der Waals surface area contributed by atoms with Gasteiger partial charge in [0.15, 0.2) is 0 Å². The molecule has 66 valence electrons. The van der Waals surface area contributed by atoms with E-state index in [9.17, 15) is 0 Å². The van der Waals surface area contributed by atoms with E-state index in [-0.39, 0.29) is 0 Å². The van der Waals surface area contributed by atoms with Crippen LogP contribution in [0.1, 0.15) is 26.7 Å². The Morgan fingerprint density at radius 2 is 2.18 bits per heavy atom. The smallest absolute Gasteiger partial charge is 0.0698 e. The topological polar surface area (TPSA) is 12.5 Å². The van der Waals surface area contributed by atoms with Crippen LogP contribution in [0.3, 0.4) is 0 Å². The average Bonchev–Trinajstić information content (AvgIpc) is 2.05. The molecule has 0 amide bonds. The van der Waals surface area contributed by atoms with E-state index in [2.05, 4.69) is 18.7 Å². The molecule has 0 saturated carbocycles. The molecule has 1 atom stereocenters. The Morgan fingerprint density at radius 1 is 1.45 bits per heavy atom. The number of hydrogen-bond acceptors (Lipinski definition) is 2. The molecule has 0 unspecified atom stereocenters. The van der Waals surface area contributed by atoms with Gasteiger partial charge < -0.3 is 4.74 Å². The summed E-state index contributed by atoms with van der Waals surface area (Å²) in [4.78, 5) is 2.48. The van der Waals surface area contributed by atoms with Crippen molar-refractivity contribution in [1.29, 1.82) is 0 Å². The number of nitrogens with zero attached hydrogens (tertiary/aromatic N) is 1. The normalized spacial score (nSPS) is 27.8. The Labute approximate surface area is 69.5 Å². The van der Waals surface area contributed by atoms with E-state index >= 15 is 0 Å². The lowest BCUT2D eigenvalue weighted by atomic mass is 10.1. The molecule has 1 heterocycles. The number of methoxy groups -OCH3 is 1. The van der Waals surface area contributed by atoms with Gasteiger partial charge in [-0.15, -0.1) is 0 Å². The zero-order valence-electron chi connectivity index (χ0n) is 7.84. The van der Waals surface area contributed by atoms with Crippen molar-refractivity contribution in [2.24, 2.45) is 0 Å². The van der Waals surface area contributed by atoms with E-state index in [4.69, 9.17) is 4.74 Å². The first-order valence-electron chi connectivity index (χ1n) is 4.51. The van der Waals surface area contributed by atoms with E-state index < -0.39 is 0 Å². The molecule has 0 aromatic carbocycles. The summed E-state index contributed by atoms with van der Waals surface area (Å²) in [5.74, 6) is 0. The number of ether oxygens (including phenoxy) is 1. The predicted octanol–water partition coefficient (Wildman–Crippen LogP) is 1.51. The lowest BCUT2D eigenvalue weighted by molar-refractivity contribution is 0.0203. The van der Waals surface area contributed by atoms with Crippen LogP contribution in [0.15, 0.2) is 0 Å². The molecule has 0 radical (unpaired) electrons. The standard InChI is InChI=1S/C9H19NO/c1-8(2)10-6-4-5-9(7-10)11-3/h8-9H,4-7H2,1-3H3/t9-/m1/s1. The quantitative estimate of drug-likeness (QED) is 0.602. The van der Waals surface area contributed by atoms with Gasteiger partial charge in [-0.05, 0) is 33.2 Å². The van der Waals surface area contributed by atoms with Gasteiger partial charge in [0.2, 0.25) is 0 Å². The second kappa shape index (κ2) is 4.07. The van der Waals surface area contributed by atoms with Crippen molar-refractivity contribution in [2.75, 3.05) is 20.2 Å². The summed E-state index contributed by atoms with van der Waals surface area (Å²) in [7, 11) is 1.81. The van der Waals surface area contributed by atoms with Gasteiger partial charge in [0.1, 0.15) is 0 Å². The van der Waals surface area contributed by atoms with Gasteiger partial charge in [-0.1, -0.05) is 0 Å². The van der Waals surface area contributed by atoms with Gasteiger partial charge in [0, 0.05) is 19.7 Å². The molecule has 0 aromatic heterocycles. The summed E-state index contributed by atoms with van der Waals surface area (Å²) in [5, 5.41) is 0. The zero-order valence-corrected chi connectivity index (χ0v) is 7.84. The largest absolute Gasteiger partial charge is 0.380 e. The van der Waals surface area contributed by atoms with Crippen LogP contribution in [0.4, 0.5) is 0 Å². The van der Waals surface area contributed by atoms with Gasteiger partial charge in [0.25, 0.3) is 0 Å². The average molecular weight is 157 g/mol. The highest BCUT2D eigenvalue weighted by Gasteiger charge is 2.20. The maximum atomic E-state index is 5.33. The number of piperidine rings is 1. The monoisotopic (exact) mass is 157 g/mol. The van der Waals surface area contributed by atoms with Gasteiger partial charge in [0.05, 0.1) is 6.10 Å². The minimum absolute atomic E-state index is 0.478. The molecule has 0 spiro atoms. The first-order chi connectivity index (χ1) is 5.24. The van der Waals surface area contributed by atoms with E-state index in [0.29, 0.717) is 12.1 Å². The van der Waals surface area contributed by atoms with Crippen molar-refractivity contribution in [3.8, 4) is 0 Å². The summed E-state index contributed by atoms with van der Waals surface area (Å²) in [5.41, 5.74) is 0. The van der Waals surface area contributed by atoms with E-state index in [1.165, 1.54) is 19.4 Å². The summed E-state index contributed by atoms with van der Waals surface area (Å²) < 4.78 is 5.33. The van der Waals surface area contributed by atoms with Crippen molar-refractivity contribution in [2.45, 2.75) is 38.8 Å². The zero-order chi connectivity index (χ0) is 8.27. The van der Waals surface area contributed by atoms with Gasteiger partial charge >= 0.3 is 0 Å². The lowest BCUT2D eigenvalue weighted by Crippen LogP contribution is -2.42. The maximum Gasteiger partial charge on any atom is 0.0698 e. The third-order valence-corrected chi connectivity index (χ3v) is 2.47. The summed E-state index contributed by atoms with van der Waals surface area (Å²) in [6.45, 7) is 6.86. The molecule has 1 fully saturated rings. The van der Waals surface area contributed by atoms with Crippen molar-refractivity contribution >= 4 is 0 Å². The Hall–Kier alpha value is -0.0800. The molecule has 1 saturated heterocycles. The highest BCUT2D eigenvalue weighted by molar-refractivity contribution is 4.74. The summed E-state index contributed by atoms with van der Waals surface area (Å²) in [6.07, 6.45) is 3.00. The molecule has 1 aliphatic heterocycles. The Morgan fingerprint density at radius 3 is 2.73 bits per heavy atom. The minimum atomic E-state index is 0.478. The van der Waals surface area contributed by atoms with E-state index in [0.717, 1.165) is 6.54 Å². The van der Waals surface area contributed by atoms with E-state index in [1.54, 1.807) is 0 Å². The fourth-order valence-corrected chi connectivity index (χ4v) is 1.63. The first-order valence-corrected chi connectivity index (χ1v) is 4.51. The molecular weight excluding hydrogens is 138 g/mol. The maximum absolute atomic E-state index is 5.33. The van der Waals surface area contributed by atoms with E-state index in [1.807, 2.05) is 7.11 Å². The highest BCUT2D eigenvalue weighted by atomic mass is 16.5. The van der Waals surface area contributed by atoms with Gasteiger partial charge in [-0.3, -0.25) is 4.90 Å². The third-order valence-electron chi connectivity index (χ3n) is 2.47. The van der Waals surface area contributed by atoms with Crippen molar-refractivity contribution in [3.05, 3.63) is 0 Å². The molecule has 0 bridgehead atoms. The molecule has 2 heteroatoms. The van der Waals surface area contributed by atoms with Gasteiger partial charge in [-0.25, -0.2) is 0 Å². The van der Waals surface area contributed by atoms with Crippen LogP contribution < -0.4 is 0 Å². The van der Waals surface area contributed by atoms with Crippen LogP contribution in [0.25, 0.3) is 0 Å². The van der Waals surface area contributed by atoms with Crippen LogP contribution in [-0.4, -0.2) is 37.2 Å². The molecule has 0 aliphatic carbocycles. The van der Waals surface area contributed by atoms with Crippen molar-refractivity contribution in [1.82, 2.24) is 4.90 Å². The molecule has 11 heavy (non-hydrogen) atoms. The molecular formula is C9H19NO. The number of rotatable bonds is 2. The Balaban J connectivity index is 2.33. The molecule has 1 aliphatic rings. The summed E-state index contributed by atoms with van der Waals surface area (Å²) in [6, 6.07) is 0.674. The number of hydrogen-bond donors (Lipinski definition) is 0. The second-order valence-electron chi connectivity index (χ2n) is 3.59. The Bertz CT molecular complexity index is 114.